The van der Waals surface area contributed by atoms with E-state index in [0.717, 1.165) is 17.5 Å². The first kappa shape index (κ1) is 22.8. The first-order valence-corrected chi connectivity index (χ1v) is 10.5. The number of aliphatic hydroxyl groups excluding tert-OH is 1. The molecule has 1 heterocycles. The number of hydrogen-bond acceptors (Lipinski definition) is 5. The van der Waals surface area contributed by atoms with Gasteiger partial charge in [-0.1, -0.05) is 42.8 Å². The molecule has 1 saturated heterocycles. The fourth-order valence-corrected chi connectivity index (χ4v) is 3.93. The number of carbonyl (C=O) groups is 2. The summed E-state index contributed by atoms with van der Waals surface area (Å²) < 4.78 is 5.16. The summed E-state index contributed by atoms with van der Waals surface area (Å²) >= 11 is 6.22. The summed E-state index contributed by atoms with van der Waals surface area (Å²) in [6.07, 6.45) is 0.880. The number of rotatable bonds is 7. The molecule has 31 heavy (non-hydrogen) atoms. The van der Waals surface area contributed by atoms with Crippen molar-refractivity contribution < 1.29 is 19.4 Å². The molecule has 0 radical (unpaired) electrons. The molecule has 0 aliphatic carbocycles. The van der Waals surface area contributed by atoms with E-state index in [1.807, 2.05) is 43.3 Å². The summed E-state index contributed by atoms with van der Waals surface area (Å²) in [6, 6.07) is 11.9. The number of nitrogens with zero attached hydrogens (tertiary/aromatic N) is 2. The van der Waals surface area contributed by atoms with Crippen molar-refractivity contribution in [1.29, 1.82) is 0 Å². The smallest absolute Gasteiger partial charge is 0.295 e. The van der Waals surface area contributed by atoms with E-state index < -0.39 is 17.7 Å². The van der Waals surface area contributed by atoms with E-state index in [4.69, 9.17) is 16.3 Å². The second kappa shape index (κ2) is 9.54. The summed E-state index contributed by atoms with van der Waals surface area (Å²) in [4.78, 5) is 29.4. The molecule has 7 heteroatoms. The molecule has 1 unspecified atom stereocenters. The number of aliphatic hydroxyl groups is 1. The lowest BCUT2D eigenvalue weighted by atomic mass is 9.94. The van der Waals surface area contributed by atoms with Gasteiger partial charge in [0.15, 0.2) is 0 Å². The van der Waals surface area contributed by atoms with Crippen LogP contribution in [-0.2, 0) is 16.0 Å². The monoisotopic (exact) mass is 442 g/mol. The van der Waals surface area contributed by atoms with Crippen LogP contribution in [-0.4, -0.2) is 60.9 Å². The minimum absolute atomic E-state index is 0.0641. The van der Waals surface area contributed by atoms with Crippen LogP contribution in [0, 0.1) is 0 Å². The Morgan fingerprint density at radius 3 is 2.39 bits per heavy atom. The molecule has 0 saturated carbocycles. The molecule has 2 aromatic rings. The summed E-state index contributed by atoms with van der Waals surface area (Å²) in [5.41, 5.74) is 2.34. The number of methoxy groups -OCH3 is 1. The van der Waals surface area contributed by atoms with Crippen LogP contribution in [0.5, 0.6) is 5.75 Å². The zero-order valence-corrected chi connectivity index (χ0v) is 18.9. The number of aryl methyl sites for hydroxylation is 1. The molecule has 3 rings (SSSR count). The third-order valence-corrected chi connectivity index (χ3v) is 5.75. The van der Waals surface area contributed by atoms with Crippen molar-refractivity contribution in [1.82, 2.24) is 9.80 Å². The maximum Gasteiger partial charge on any atom is 0.295 e. The molecule has 6 nitrogen and oxygen atoms in total. The van der Waals surface area contributed by atoms with Gasteiger partial charge in [0.1, 0.15) is 11.5 Å². The molecule has 1 atom stereocenters. The molecule has 0 aromatic heterocycles. The van der Waals surface area contributed by atoms with Crippen LogP contribution in [0.3, 0.4) is 0 Å². The molecule has 1 N–H and O–H groups in total. The van der Waals surface area contributed by atoms with Crippen LogP contribution < -0.4 is 4.74 Å². The van der Waals surface area contributed by atoms with E-state index in [1.165, 1.54) is 18.1 Å². The predicted molar refractivity (Wildman–Crippen MR) is 121 cm³/mol. The highest BCUT2D eigenvalue weighted by Gasteiger charge is 2.45. The number of carbonyl (C=O) groups excluding carboxylic acids is 2. The van der Waals surface area contributed by atoms with Gasteiger partial charge in [0.25, 0.3) is 11.7 Å². The number of likely N-dealkylation sites (tertiary alicyclic amines) is 1. The fraction of sp³-hybridized carbons (Fsp3) is 0.333. The SMILES string of the molecule is CCc1ccc(C2/C(=C(/O)c3ccc(OC)c(Cl)c3)C(=O)C(=O)N2CCN(C)C)cc1. The van der Waals surface area contributed by atoms with Gasteiger partial charge in [-0.25, -0.2) is 0 Å². The van der Waals surface area contributed by atoms with Crippen LogP contribution in [0.15, 0.2) is 48.0 Å². The number of ketones is 1. The molecule has 1 aliphatic heterocycles. The quantitative estimate of drug-likeness (QED) is 0.400. The average molecular weight is 443 g/mol. The Labute approximate surface area is 187 Å². The van der Waals surface area contributed by atoms with E-state index in [0.29, 0.717) is 29.4 Å². The van der Waals surface area contributed by atoms with Gasteiger partial charge in [-0.2, -0.15) is 0 Å². The van der Waals surface area contributed by atoms with Gasteiger partial charge in [0.2, 0.25) is 0 Å². The number of Topliss-reactive ketones (excluding diaryl/α,β-unsaturated/α-hetero) is 1. The Balaban J connectivity index is 2.14. The normalized spacial score (nSPS) is 18.1. The first-order valence-electron chi connectivity index (χ1n) is 10.1. The van der Waals surface area contributed by atoms with E-state index in [9.17, 15) is 14.7 Å². The number of halogens is 1. The molecule has 1 fully saturated rings. The lowest BCUT2D eigenvalue weighted by Crippen LogP contribution is -2.35. The topological polar surface area (TPSA) is 70.1 Å². The molecule has 0 spiro atoms. The van der Waals surface area contributed by atoms with Crippen LogP contribution in [0.1, 0.15) is 29.7 Å². The largest absolute Gasteiger partial charge is 0.507 e. The Morgan fingerprint density at radius 1 is 1.16 bits per heavy atom. The number of benzene rings is 2. The van der Waals surface area contributed by atoms with Gasteiger partial charge in [-0.3, -0.25) is 9.59 Å². The number of likely N-dealkylation sites (N-methyl/N-ethyl adjacent to an activating group) is 1. The van der Waals surface area contributed by atoms with Gasteiger partial charge in [0.05, 0.1) is 23.7 Å². The van der Waals surface area contributed by atoms with E-state index in [2.05, 4.69) is 6.92 Å². The predicted octanol–water partition coefficient (Wildman–Crippen LogP) is 3.89. The van der Waals surface area contributed by atoms with Crippen molar-refractivity contribution in [2.45, 2.75) is 19.4 Å². The fourth-order valence-electron chi connectivity index (χ4n) is 3.67. The lowest BCUT2D eigenvalue weighted by molar-refractivity contribution is -0.140. The molecule has 2 aromatic carbocycles. The lowest BCUT2D eigenvalue weighted by Gasteiger charge is -2.26. The van der Waals surface area contributed by atoms with Crippen LogP contribution in [0.25, 0.3) is 5.76 Å². The Hall–Kier alpha value is -2.83. The number of ether oxygens (including phenoxy) is 1. The molecule has 164 valence electrons. The van der Waals surface area contributed by atoms with Gasteiger partial charge in [-0.15, -0.1) is 0 Å². The highest BCUT2D eigenvalue weighted by Crippen LogP contribution is 2.40. The maximum atomic E-state index is 13.0. The summed E-state index contributed by atoms with van der Waals surface area (Å²) in [7, 11) is 5.30. The van der Waals surface area contributed by atoms with Crippen molar-refractivity contribution in [3.05, 3.63) is 69.8 Å². The van der Waals surface area contributed by atoms with E-state index in [1.54, 1.807) is 12.1 Å². The van der Waals surface area contributed by atoms with Crippen molar-refractivity contribution in [3.8, 4) is 5.75 Å². The molecule has 1 amide bonds. The third kappa shape index (κ3) is 4.60. The molecule has 1 aliphatic rings. The Kier molecular flexibility index (Phi) is 7.03. The second-order valence-corrected chi connectivity index (χ2v) is 8.15. The van der Waals surface area contributed by atoms with Crippen molar-refractivity contribution in [3.63, 3.8) is 0 Å². The van der Waals surface area contributed by atoms with E-state index in [-0.39, 0.29) is 11.3 Å². The first-order chi connectivity index (χ1) is 14.8. The average Bonchev–Trinajstić information content (AvgIpc) is 3.01. The van der Waals surface area contributed by atoms with E-state index >= 15 is 0 Å². The standard InChI is InChI=1S/C24H27ClN2O4/c1-5-15-6-8-16(9-7-15)21-20(23(29)24(30)27(21)13-12-26(2)3)22(28)17-10-11-19(31-4)18(25)14-17/h6-11,14,21,28H,5,12-13H2,1-4H3/b22-20-. The number of amides is 1. The highest BCUT2D eigenvalue weighted by molar-refractivity contribution is 6.46. The summed E-state index contributed by atoms with van der Waals surface area (Å²) in [5.74, 6) is -1.11. The van der Waals surface area contributed by atoms with Gasteiger partial charge in [-0.05, 0) is 49.8 Å². The second-order valence-electron chi connectivity index (χ2n) is 7.74. The minimum Gasteiger partial charge on any atom is -0.507 e. The van der Waals surface area contributed by atoms with Gasteiger partial charge < -0.3 is 19.6 Å². The zero-order valence-electron chi connectivity index (χ0n) is 18.2. The summed E-state index contributed by atoms with van der Waals surface area (Å²) in [5, 5.41) is 11.4. The molecule has 0 bridgehead atoms. The minimum atomic E-state index is -0.701. The Morgan fingerprint density at radius 2 is 1.84 bits per heavy atom. The van der Waals surface area contributed by atoms with Crippen LogP contribution >= 0.6 is 11.6 Å². The Bertz CT molecular complexity index is 1010. The van der Waals surface area contributed by atoms with Gasteiger partial charge in [0, 0.05) is 18.7 Å². The summed E-state index contributed by atoms with van der Waals surface area (Å²) in [6.45, 7) is 3.01. The van der Waals surface area contributed by atoms with Crippen molar-refractivity contribution >= 4 is 29.1 Å². The maximum absolute atomic E-state index is 13.0. The molecular formula is C24H27ClN2O4. The van der Waals surface area contributed by atoms with Crippen molar-refractivity contribution in [2.24, 2.45) is 0 Å². The zero-order chi connectivity index (χ0) is 22.7. The third-order valence-electron chi connectivity index (χ3n) is 5.46. The van der Waals surface area contributed by atoms with Crippen LogP contribution in [0.4, 0.5) is 0 Å². The molecular weight excluding hydrogens is 416 g/mol. The van der Waals surface area contributed by atoms with Crippen LogP contribution in [0.2, 0.25) is 5.02 Å². The highest BCUT2D eigenvalue weighted by atomic mass is 35.5. The van der Waals surface area contributed by atoms with Gasteiger partial charge >= 0.3 is 0 Å². The number of hydrogen-bond donors (Lipinski definition) is 1. The van der Waals surface area contributed by atoms with Crippen molar-refractivity contribution in [2.75, 3.05) is 34.3 Å².